The standard InChI is InChI=1S/C18H25ClO2/c1-3-4-5-14-6-8-15(9-7-14)18(20)21-16-10-11-17(19)13(2)12-16/h10-12,14-15H,3-9H2,1-2H3. The van der Waals surface area contributed by atoms with Gasteiger partial charge >= 0.3 is 5.97 Å². The number of benzene rings is 1. The second kappa shape index (κ2) is 7.84. The highest BCUT2D eigenvalue weighted by Gasteiger charge is 2.27. The van der Waals surface area contributed by atoms with E-state index in [9.17, 15) is 4.79 Å². The van der Waals surface area contributed by atoms with E-state index in [0.29, 0.717) is 10.8 Å². The number of carbonyl (C=O) groups is 1. The molecule has 0 unspecified atom stereocenters. The summed E-state index contributed by atoms with van der Waals surface area (Å²) in [5.41, 5.74) is 0.935. The van der Waals surface area contributed by atoms with Crippen molar-refractivity contribution in [3.8, 4) is 5.75 Å². The van der Waals surface area contributed by atoms with Crippen molar-refractivity contribution in [2.24, 2.45) is 11.8 Å². The Hall–Kier alpha value is -1.02. The minimum absolute atomic E-state index is 0.0684. The Kier molecular flexibility index (Phi) is 6.10. The van der Waals surface area contributed by atoms with Crippen LogP contribution in [0.4, 0.5) is 0 Å². The molecular weight excluding hydrogens is 284 g/mol. The Morgan fingerprint density at radius 3 is 2.62 bits per heavy atom. The van der Waals surface area contributed by atoms with E-state index in [1.807, 2.05) is 13.0 Å². The van der Waals surface area contributed by atoms with Gasteiger partial charge in [0, 0.05) is 5.02 Å². The topological polar surface area (TPSA) is 26.3 Å². The van der Waals surface area contributed by atoms with E-state index in [2.05, 4.69) is 6.92 Å². The van der Waals surface area contributed by atoms with E-state index in [1.54, 1.807) is 12.1 Å². The van der Waals surface area contributed by atoms with Crippen LogP contribution in [0.2, 0.25) is 5.02 Å². The second-order valence-corrected chi connectivity index (χ2v) is 6.60. The monoisotopic (exact) mass is 308 g/mol. The lowest BCUT2D eigenvalue weighted by atomic mass is 9.80. The van der Waals surface area contributed by atoms with Gasteiger partial charge in [0.25, 0.3) is 0 Å². The molecule has 2 rings (SSSR count). The second-order valence-electron chi connectivity index (χ2n) is 6.19. The van der Waals surface area contributed by atoms with Crippen LogP contribution in [0.25, 0.3) is 0 Å². The summed E-state index contributed by atoms with van der Waals surface area (Å²) >= 11 is 5.98. The summed E-state index contributed by atoms with van der Waals surface area (Å²) in [6, 6.07) is 5.37. The molecule has 1 aliphatic carbocycles. The predicted octanol–water partition coefficient (Wildman–Crippen LogP) is 5.55. The lowest BCUT2D eigenvalue weighted by molar-refractivity contribution is -0.140. The van der Waals surface area contributed by atoms with Crippen LogP contribution >= 0.6 is 11.6 Å². The van der Waals surface area contributed by atoms with Gasteiger partial charge in [-0.25, -0.2) is 0 Å². The first kappa shape index (κ1) is 16.4. The molecule has 0 bridgehead atoms. The van der Waals surface area contributed by atoms with Crippen LogP contribution in [-0.4, -0.2) is 5.97 Å². The van der Waals surface area contributed by atoms with E-state index in [1.165, 1.54) is 32.1 Å². The number of aryl methyl sites for hydroxylation is 1. The van der Waals surface area contributed by atoms with Crippen molar-refractivity contribution < 1.29 is 9.53 Å². The van der Waals surface area contributed by atoms with Crippen molar-refractivity contribution in [1.82, 2.24) is 0 Å². The average Bonchev–Trinajstić information content (AvgIpc) is 2.49. The predicted molar refractivity (Wildman–Crippen MR) is 86.8 cm³/mol. The first-order valence-corrected chi connectivity index (χ1v) is 8.45. The van der Waals surface area contributed by atoms with Gasteiger partial charge in [-0.2, -0.15) is 0 Å². The van der Waals surface area contributed by atoms with Gasteiger partial charge < -0.3 is 4.74 Å². The molecule has 0 heterocycles. The fourth-order valence-electron chi connectivity index (χ4n) is 3.06. The van der Waals surface area contributed by atoms with Crippen molar-refractivity contribution in [3.05, 3.63) is 28.8 Å². The summed E-state index contributed by atoms with van der Waals surface area (Å²) in [5.74, 6) is 1.41. The molecule has 1 aliphatic rings. The zero-order valence-corrected chi connectivity index (χ0v) is 13.8. The highest BCUT2D eigenvalue weighted by Crippen LogP contribution is 2.33. The third-order valence-corrected chi connectivity index (χ3v) is 4.92. The van der Waals surface area contributed by atoms with Gasteiger partial charge in [0.05, 0.1) is 5.92 Å². The molecule has 0 radical (unpaired) electrons. The number of hydrogen-bond acceptors (Lipinski definition) is 2. The number of ether oxygens (including phenoxy) is 1. The Morgan fingerprint density at radius 1 is 1.29 bits per heavy atom. The molecule has 0 aliphatic heterocycles. The van der Waals surface area contributed by atoms with Gasteiger partial charge in [-0.3, -0.25) is 4.79 Å². The molecule has 116 valence electrons. The molecule has 1 saturated carbocycles. The summed E-state index contributed by atoms with van der Waals surface area (Å²) in [6.07, 6.45) is 8.16. The summed E-state index contributed by atoms with van der Waals surface area (Å²) in [4.78, 5) is 12.2. The van der Waals surface area contributed by atoms with Crippen molar-refractivity contribution in [3.63, 3.8) is 0 Å². The van der Waals surface area contributed by atoms with Crippen LogP contribution < -0.4 is 4.74 Å². The maximum atomic E-state index is 12.2. The number of rotatable bonds is 5. The highest BCUT2D eigenvalue weighted by molar-refractivity contribution is 6.31. The number of halogens is 1. The summed E-state index contributed by atoms with van der Waals surface area (Å²) in [6.45, 7) is 4.15. The zero-order valence-electron chi connectivity index (χ0n) is 13.0. The molecule has 0 N–H and O–H groups in total. The average molecular weight is 309 g/mol. The third kappa shape index (κ3) is 4.74. The first-order valence-electron chi connectivity index (χ1n) is 8.08. The molecule has 0 atom stereocenters. The highest BCUT2D eigenvalue weighted by atomic mass is 35.5. The molecule has 0 amide bonds. The zero-order chi connectivity index (χ0) is 15.2. The van der Waals surface area contributed by atoms with Gasteiger partial charge in [-0.1, -0.05) is 37.8 Å². The van der Waals surface area contributed by atoms with Gasteiger partial charge in [0.1, 0.15) is 5.75 Å². The fraction of sp³-hybridized carbons (Fsp3) is 0.611. The molecule has 1 aromatic rings. The van der Waals surface area contributed by atoms with E-state index >= 15 is 0 Å². The van der Waals surface area contributed by atoms with Crippen LogP contribution in [-0.2, 0) is 4.79 Å². The minimum Gasteiger partial charge on any atom is -0.426 e. The minimum atomic E-state index is -0.0781. The van der Waals surface area contributed by atoms with Crippen LogP contribution in [0.15, 0.2) is 18.2 Å². The van der Waals surface area contributed by atoms with Gasteiger partial charge in [-0.15, -0.1) is 0 Å². The Bertz CT molecular complexity index is 476. The Balaban J connectivity index is 1.83. The van der Waals surface area contributed by atoms with Gasteiger partial charge in [0.15, 0.2) is 0 Å². The first-order chi connectivity index (χ1) is 10.1. The van der Waals surface area contributed by atoms with Crippen LogP contribution in [0.5, 0.6) is 5.75 Å². The molecular formula is C18H25ClO2. The smallest absolute Gasteiger partial charge is 0.314 e. The Labute approximate surface area is 132 Å². The van der Waals surface area contributed by atoms with E-state index in [4.69, 9.17) is 16.3 Å². The molecule has 0 aromatic heterocycles. The van der Waals surface area contributed by atoms with E-state index in [-0.39, 0.29) is 11.9 Å². The van der Waals surface area contributed by atoms with Gasteiger partial charge in [-0.05, 0) is 62.3 Å². The number of carbonyl (C=O) groups excluding carboxylic acids is 1. The molecule has 1 aromatic carbocycles. The molecule has 2 nitrogen and oxygen atoms in total. The summed E-state index contributed by atoms with van der Waals surface area (Å²) < 4.78 is 5.51. The lowest BCUT2D eigenvalue weighted by Gasteiger charge is -2.27. The normalized spacial score (nSPS) is 22.0. The van der Waals surface area contributed by atoms with E-state index in [0.717, 1.165) is 24.3 Å². The number of unbranched alkanes of at least 4 members (excludes halogenated alkanes) is 1. The SMILES string of the molecule is CCCCC1CCC(C(=O)Oc2ccc(Cl)c(C)c2)CC1. The maximum absolute atomic E-state index is 12.2. The number of esters is 1. The van der Waals surface area contributed by atoms with Crippen molar-refractivity contribution in [2.75, 3.05) is 0 Å². The van der Waals surface area contributed by atoms with Crippen LogP contribution in [0.1, 0.15) is 57.4 Å². The molecule has 0 spiro atoms. The van der Waals surface area contributed by atoms with Crippen LogP contribution in [0, 0.1) is 18.8 Å². The van der Waals surface area contributed by atoms with Crippen molar-refractivity contribution in [1.29, 1.82) is 0 Å². The fourth-order valence-corrected chi connectivity index (χ4v) is 3.18. The van der Waals surface area contributed by atoms with Gasteiger partial charge in [0.2, 0.25) is 0 Å². The lowest BCUT2D eigenvalue weighted by Crippen LogP contribution is -2.25. The molecule has 0 saturated heterocycles. The summed E-state index contributed by atoms with van der Waals surface area (Å²) in [7, 11) is 0. The van der Waals surface area contributed by atoms with Crippen molar-refractivity contribution >= 4 is 17.6 Å². The van der Waals surface area contributed by atoms with E-state index < -0.39 is 0 Å². The Morgan fingerprint density at radius 2 is 2.00 bits per heavy atom. The largest absolute Gasteiger partial charge is 0.426 e. The molecule has 1 fully saturated rings. The molecule has 21 heavy (non-hydrogen) atoms. The third-order valence-electron chi connectivity index (χ3n) is 4.49. The number of hydrogen-bond donors (Lipinski definition) is 0. The van der Waals surface area contributed by atoms with Crippen molar-refractivity contribution in [2.45, 2.75) is 58.8 Å². The summed E-state index contributed by atoms with van der Waals surface area (Å²) in [5, 5.41) is 0.700. The maximum Gasteiger partial charge on any atom is 0.314 e. The quantitative estimate of drug-likeness (QED) is 0.526. The van der Waals surface area contributed by atoms with Crippen LogP contribution in [0.3, 0.4) is 0 Å². The molecule has 3 heteroatoms.